The van der Waals surface area contributed by atoms with Crippen LogP contribution in [0.25, 0.3) is 10.8 Å². The summed E-state index contributed by atoms with van der Waals surface area (Å²) in [6.45, 7) is 3.65. The van der Waals surface area contributed by atoms with Crippen LogP contribution in [0.4, 0.5) is 24.7 Å². The summed E-state index contributed by atoms with van der Waals surface area (Å²) in [6, 6.07) is 4.79. The lowest BCUT2D eigenvalue weighted by Gasteiger charge is -2.28. The van der Waals surface area contributed by atoms with Crippen molar-refractivity contribution < 1.29 is 13.2 Å². The number of hydrogen-bond donors (Lipinski definition) is 3. The fourth-order valence-corrected chi connectivity index (χ4v) is 4.09. The zero-order valence-electron chi connectivity index (χ0n) is 17.8. The Morgan fingerprint density at radius 1 is 1.19 bits per heavy atom. The highest BCUT2D eigenvalue weighted by Gasteiger charge is 2.31. The molecule has 0 unspecified atom stereocenters. The monoisotopic (exact) mass is 446 g/mol. The Morgan fingerprint density at radius 2 is 1.91 bits per heavy atom. The van der Waals surface area contributed by atoms with Gasteiger partial charge in [-0.15, -0.1) is 0 Å². The molecule has 1 aromatic carbocycles. The van der Waals surface area contributed by atoms with Crippen LogP contribution in [0.2, 0.25) is 0 Å². The Bertz CT molecular complexity index is 1180. The molecular formula is C22H25F3N6O. The molecule has 7 nitrogen and oxygen atoms in total. The molecule has 0 spiro atoms. The van der Waals surface area contributed by atoms with Crippen molar-refractivity contribution in [2.24, 2.45) is 0 Å². The molecule has 0 bridgehead atoms. The number of aromatic amines is 1. The largest absolute Gasteiger partial charge is 0.416 e. The maximum Gasteiger partial charge on any atom is 0.416 e. The molecule has 0 radical (unpaired) electrons. The van der Waals surface area contributed by atoms with Crippen molar-refractivity contribution in [2.45, 2.75) is 37.9 Å². The smallest absolute Gasteiger partial charge is 0.399 e. The summed E-state index contributed by atoms with van der Waals surface area (Å²) in [6.07, 6.45) is -1.02. The Kier molecular flexibility index (Phi) is 5.81. The van der Waals surface area contributed by atoms with Crippen LogP contribution in [0.5, 0.6) is 0 Å². The van der Waals surface area contributed by atoms with E-state index in [0.29, 0.717) is 22.2 Å². The second-order valence-electron chi connectivity index (χ2n) is 8.39. The average molecular weight is 446 g/mol. The number of H-pyrrole nitrogens is 1. The van der Waals surface area contributed by atoms with Gasteiger partial charge >= 0.3 is 6.18 Å². The second kappa shape index (κ2) is 8.42. The lowest BCUT2D eigenvalue weighted by Crippen LogP contribution is -2.29. The molecule has 1 aliphatic rings. The van der Waals surface area contributed by atoms with E-state index in [0.717, 1.165) is 43.8 Å². The second-order valence-corrected chi connectivity index (χ2v) is 8.39. The van der Waals surface area contributed by atoms with Gasteiger partial charge in [0.15, 0.2) is 5.82 Å². The molecule has 1 atom stereocenters. The fraction of sp³-hybridized carbons (Fsp3) is 0.409. The molecule has 4 N–H and O–H groups in total. The molecule has 4 rings (SSSR count). The van der Waals surface area contributed by atoms with Gasteiger partial charge in [0, 0.05) is 28.9 Å². The van der Waals surface area contributed by atoms with Gasteiger partial charge < -0.3 is 16.0 Å². The quantitative estimate of drug-likeness (QED) is 0.526. The van der Waals surface area contributed by atoms with Gasteiger partial charge in [0.05, 0.1) is 17.0 Å². The third-order valence-electron chi connectivity index (χ3n) is 5.99. The maximum atomic E-state index is 13.2. The molecule has 0 saturated carbocycles. The first-order valence-electron chi connectivity index (χ1n) is 10.4. The summed E-state index contributed by atoms with van der Waals surface area (Å²) in [7, 11) is 2.08. The van der Waals surface area contributed by atoms with Gasteiger partial charge in [0.25, 0.3) is 5.56 Å². The van der Waals surface area contributed by atoms with E-state index in [-0.39, 0.29) is 17.2 Å². The van der Waals surface area contributed by atoms with E-state index in [4.69, 9.17) is 5.73 Å². The van der Waals surface area contributed by atoms with Crippen molar-refractivity contribution in [3.8, 4) is 0 Å². The minimum Gasteiger partial charge on any atom is -0.399 e. The first kappa shape index (κ1) is 22.1. The van der Waals surface area contributed by atoms with Crippen LogP contribution in [-0.2, 0) is 6.18 Å². The number of nitrogens with one attached hydrogen (secondary N) is 2. The summed E-state index contributed by atoms with van der Waals surface area (Å²) >= 11 is 0. The molecule has 32 heavy (non-hydrogen) atoms. The van der Waals surface area contributed by atoms with Gasteiger partial charge in [0.1, 0.15) is 0 Å². The van der Waals surface area contributed by atoms with E-state index in [1.165, 1.54) is 6.07 Å². The number of aromatic nitrogens is 3. The molecular weight excluding hydrogens is 421 g/mol. The van der Waals surface area contributed by atoms with E-state index in [1.807, 2.05) is 6.07 Å². The van der Waals surface area contributed by atoms with Crippen molar-refractivity contribution in [3.05, 3.63) is 57.6 Å². The number of rotatable bonds is 4. The van der Waals surface area contributed by atoms with Gasteiger partial charge in [-0.05, 0) is 69.7 Å². The van der Waals surface area contributed by atoms with Crippen molar-refractivity contribution in [1.82, 2.24) is 20.1 Å². The normalized spacial score (nSPS) is 16.9. The minimum atomic E-state index is -4.50. The predicted molar refractivity (Wildman–Crippen MR) is 118 cm³/mol. The van der Waals surface area contributed by atoms with Crippen LogP contribution in [0.1, 0.15) is 48.5 Å². The van der Waals surface area contributed by atoms with Crippen LogP contribution in [0.3, 0.4) is 0 Å². The van der Waals surface area contributed by atoms with Crippen LogP contribution < -0.4 is 16.6 Å². The molecule has 10 heteroatoms. The molecule has 1 saturated heterocycles. The predicted octanol–water partition coefficient (Wildman–Crippen LogP) is 3.90. The summed E-state index contributed by atoms with van der Waals surface area (Å²) in [5.41, 5.74) is 5.80. The number of anilines is 2. The highest BCUT2D eigenvalue weighted by atomic mass is 19.4. The van der Waals surface area contributed by atoms with E-state index < -0.39 is 17.8 Å². The Hall–Kier alpha value is -3.14. The van der Waals surface area contributed by atoms with Crippen molar-refractivity contribution >= 4 is 22.3 Å². The highest BCUT2D eigenvalue weighted by Crippen LogP contribution is 2.34. The average Bonchev–Trinajstić information content (AvgIpc) is 2.75. The van der Waals surface area contributed by atoms with Gasteiger partial charge in [-0.1, -0.05) is 0 Å². The molecule has 1 fully saturated rings. The van der Waals surface area contributed by atoms with Crippen molar-refractivity contribution in [3.63, 3.8) is 0 Å². The first-order chi connectivity index (χ1) is 15.1. The lowest BCUT2D eigenvalue weighted by atomic mass is 9.92. The Balaban J connectivity index is 1.68. The zero-order chi connectivity index (χ0) is 23.0. The topological polar surface area (TPSA) is 99.9 Å². The lowest BCUT2D eigenvalue weighted by molar-refractivity contribution is -0.137. The number of likely N-dealkylation sites (tertiary alicyclic amines) is 1. The van der Waals surface area contributed by atoms with Gasteiger partial charge in [-0.25, -0.2) is 5.10 Å². The standard InChI is InChI=1S/C22H25F3N6O/c1-12(14-7-15(22(23,24)25)9-16(26)8-14)28-20-17-10-19(13-3-5-31(2)6-4-13)27-11-18(17)21(32)30-29-20/h7-13H,3-6,26H2,1-2H3,(H,28,29)(H,30,32)/t12-/m1/s1. The van der Waals surface area contributed by atoms with Gasteiger partial charge in [-0.3, -0.25) is 9.78 Å². The third kappa shape index (κ3) is 4.55. The van der Waals surface area contributed by atoms with Crippen LogP contribution in [-0.4, -0.2) is 40.2 Å². The number of alkyl halides is 3. The zero-order valence-corrected chi connectivity index (χ0v) is 17.8. The SMILES string of the molecule is C[C@@H](Nc1n[nH]c(=O)c2cnc(C3CCN(C)CC3)cc12)c1cc(N)cc(C(F)(F)F)c1. The summed E-state index contributed by atoms with van der Waals surface area (Å²) < 4.78 is 39.6. The number of hydrogen-bond acceptors (Lipinski definition) is 6. The van der Waals surface area contributed by atoms with Crippen LogP contribution in [0.15, 0.2) is 35.3 Å². The van der Waals surface area contributed by atoms with E-state index in [1.54, 1.807) is 13.1 Å². The number of nitrogen functional groups attached to an aromatic ring is 1. The number of halogens is 3. The number of nitrogens with zero attached hydrogens (tertiary/aromatic N) is 3. The molecule has 2 aromatic heterocycles. The summed E-state index contributed by atoms with van der Waals surface area (Å²) in [4.78, 5) is 19.1. The van der Waals surface area contributed by atoms with Crippen LogP contribution >= 0.6 is 0 Å². The van der Waals surface area contributed by atoms with E-state index >= 15 is 0 Å². The van der Waals surface area contributed by atoms with E-state index in [9.17, 15) is 18.0 Å². The molecule has 3 heterocycles. The molecule has 170 valence electrons. The first-order valence-corrected chi connectivity index (χ1v) is 10.4. The van der Waals surface area contributed by atoms with Crippen molar-refractivity contribution in [2.75, 3.05) is 31.2 Å². The summed E-state index contributed by atoms with van der Waals surface area (Å²) in [5, 5.41) is 10.6. The minimum absolute atomic E-state index is 0.0245. The van der Waals surface area contributed by atoms with Crippen LogP contribution in [0, 0.1) is 0 Å². The highest BCUT2D eigenvalue weighted by molar-refractivity contribution is 5.90. The van der Waals surface area contributed by atoms with Gasteiger partial charge in [0.2, 0.25) is 0 Å². The Labute approximate surface area is 182 Å². The van der Waals surface area contributed by atoms with Gasteiger partial charge in [-0.2, -0.15) is 18.3 Å². The fourth-order valence-electron chi connectivity index (χ4n) is 4.09. The van der Waals surface area contributed by atoms with E-state index in [2.05, 4.69) is 32.4 Å². The number of fused-ring (bicyclic) bond motifs is 1. The maximum absolute atomic E-state index is 13.2. The number of nitrogens with two attached hydrogens (primary N) is 1. The molecule has 0 aliphatic carbocycles. The number of benzene rings is 1. The third-order valence-corrected chi connectivity index (χ3v) is 5.99. The molecule has 3 aromatic rings. The van der Waals surface area contributed by atoms with Crippen molar-refractivity contribution in [1.29, 1.82) is 0 Å². The molecule has 0 amide bonds. The number of piperidine rings is 1. The number of pyridine rings is 1. The Morgan fingerprint density at radius 3 is 2.59 bits per heavy atom. The molecule has 1 aliphatic heterocycles. The summed E-state index contributed by atoms with van der Waals surface area (Å²) in [5.74, 6) is 0.656.